The summed E-state index contributed by atoms with van der Waals surface area (Å²) in [4.78, 5) is 38.0. The summed E-state index contributed by atoms with van der Waals surface area (Å²) in [7, 11) is 0. The van der Waals surface area contributed by atoms with Crippen LogP contribution < -0.4 is 0 Å². The quantitative estimate of drug-likeness (QED) is 0.0199. The fourth-order valence-electron chi connectivity index (χ4n) is 6.29. The molecule has 0 aromatic rings. The molecule has 65 heavy (non-hydrogen) atoms. The minimum Gasteiger partial charge on any atom is -0.462 e. The van der Waals surface area contributed by atoms with Crippen LogP contribution in [0.3, 0.4) is 0 Å². The molecule has 0 N–H and O–H groups in total. The summed E-state index contributed by atoms with van der Waals surface area (Å²) < 4.78 is 16.7. The molecule has 6 heteroatoms. The van der Waals surface area contributed by atoms with Gasteiger partial charge >= 0.3 is 17.9 Å². The van der Waals surface area contributed by atoms with Crippen LogP contribution in [0, 0.1) is 0 Å². The number of ether oxygens (including phenoxy) is 3. The lowest BCUT2D eigenvalue weighted by Gasteiger charge is -2.18. The van der Waals surface area contributed by atoms with Crippen LogP contribution in [0.2, 0.25) is 0 Å². The minimum absolute atomic E-state index is 0.118. The SMILES string of the molecule is CC\C=C/C=C\C=C/C=C\C=C\C=C/CCCCCC(=O)OC(COC(=O)CCCCCCC\C=C/C=C\C=C/C=C\CCCCC)COC(=O)CCCCCCC/C=C\C/C=C\CC. The number of hydrogen-bond donors (Lipinski definition) is 0. The van der Waals surface area contributed by atoms with Gasteiger partial charge in [-0.1, -0.05) is 224 Å². The molecule has 1 unspecified atom stereocenters. The highest BCUT2D eigenvalue weighted by molar-refractivity contribution is 5.71. The van der Waals surface area contributed by atoms with Gasteiger partial charge in [0.15, 0.2) is 6.10 Å². The normalized spacial score (nSPS) is 13.3. The van der Waals surface area contributed by atoms with Crippen molar-refractivity contribution in [2.45, 2.75) is 194 Å². The van der Waals surface area contributed by atoms with E-state index in [1.54, 1.807) is 0 Å². The molecule has 0 amide bonds. The molecule has 0 heterocycles. The maximum Gasteiger partial charge on any atom is 0.306 e. The Kier molecular flexibility index (Phi) is 48.2. The highest BCUT2D eigenvalue weighted by Crippen LogP contribution is 2.12. The van der Waals surface area contributed by atoms with Crippen LogP contribution in [-0.2, 0) is 28.6 Å². The number of allylic oxidation sites excluding steroid dienone is 24. The second kappa shape index (κ2) is 51.9. The molecule has 0 aliphatic carbocycles. The number of rotatable bonds is 43. The van der Waals surface area contributed by atoms with Crippen LogP contribution >= 0.6 is 0 Å². The Balaban J connectivity index is 4.58. The molecular weight excluding hydrogens is 805 g/mol. The summed E-state index contributed by atoms with van der Waals surface area (Å²) in [6.45, 7) is 6.24. The van der Waals surface area contributed by atoms with Gasteiger partial charge in [-0.15, -0.1) is 0 Å². The van der Waals surface area contributed by atoms with Gasteiger partial charge in [0, 0.05) is 19.3 Å². The van der Waals surface area contributed by atoms with Gasteiger partial charge in [-0.3, -0.25) is 14.4 Å². The Bertz CT molecular complexity index is 1490. The average molecular weight is 895 g/mol. The van der Waals surface area contributed by atoms with E-state index in [1.807, 2.05) is 60.8 Å². The Morgan fingerprint density at radius 3 is 1.12 bits per heavy atom. The van der Waals surface area contributed by atoms with Gasteiger partial charge in [0.25, 0.3) is 0 Å². The van der Waals surface area contributed by atoms with Crippen molar-refractivity contribution < 1.29 is 28.6 Å². The summed E-state index contributed by atoms with van der Waals surface area (Å²) in [5, 5.41) is 0. The van der Waals surface area contributed by atoms with Crippen molar-refractivity contribution >= 4 is 17.9 Å². The van der Waals surface area contributed by atoms with Gasteiger partial charge in [0.05, 0.1) is 0 Å². The molecule has 0 saturated carbocycles. The number of carbonyl (C=O) groups excluding carboxylic acids is 3. The van der Waals surface area contributed by atoms with Crippen LogP contribution in [0.5, 0.6) is 0 Å². The molecule has 0 rings (SSSR count). The number of carbonyl (C=O) groups is 3. The molecule has 0 spiro atoms. The van der Waals surface area contributed by atoms with Gasteiger partial charge in [-0.05, 0) is 89.9 Å². The van der Waals surface area contributed by atoms with Gasteiger partial charge in [-0.2, -0.15) is 0 Å². The lowest BCUT2D eigenvalue weighted by molar-refractivity contribution is -0.167. The van der Waals surface area contributed by atoms with E-state index in [0.29, 0.717) is 19.3 Å². The second-order valence-corrected chi connectivity index (χ2v) is 16.2. The summed E-state index contributed by atoms with van der Waals surface area (Å²) in [5.41, 5.74) is 0. The maximum atomic E-state index is 12.8. The number of hydrogen-bond acceptors (Lipinski definition) is 6. The molecule has 1 atom stereocenters. The Morgan fingerprint density at radius 1 is 0.338 bits per heavy atom. The van der Waals surface area contributed by atoms with E-state index in [-0.39, 0.29) is 37.5 Å². The van der Waals surface area contributed by atoms with Crippen LogP contribution in [0.25, 0.3) is 0 Å². The summed E-state index contributed by atoms with van der Waals surface area (Å²) in [5.74, 6) is -1.01. The highest BCUT2D eigenvalue weighted by atomic mass is 16.6. The third kappa shape index (κ3) is 50.2. The molecule has 0 aliphatic heterocycles. The summed E-state index contributed by atoms with van der Waals surface area (Å²) >= 11 is 0. The summed E-state index contributed by atoms with van der Waals surface area (Å²) in [6, 6.07) is 0. The lowest BCUT2D eigenvalue weighted by atomic mass is 10.1. The molecule has 0 aromatic carbocycles. The fraction of sp³-hybridized carbons (Fsp3) is 0.542. The van der Waals surface area contributed by atoms with E-state index in [1.165, 1.54) is 19.3 Å². The molecule has 0 radical (unpaired) electrons. The molecule has 0 bridgehead atoms. The van der Waals surface area contributed by atoms with E-state index in [0.717, 1.165) is 122 Å². The first-order chi connectivity index (χ1) is 32.0. The van der Waals surface area contributed by atoms with Crippen LogP contribution in [0.15, 0.2) is 146 Å². The zero-order chi connectivity index (χ0) is 47.2. The summed E-state index contributed by atoms with van der Waals surface area (Å²) in [6.07, 6.45) is 73.9. The van der Waals surface area contributed by atoms with E-state index < -0.39 is 6.10 Å². The topological polar surface area (TPSA) is 78.9 Å². The van der Waals surface area contributed by atoms with Gasteiger partial charge in [0.2, 0.25) is 0 Å². The van der Waals surface area contributed by atoms with Crippen molar-refractivity contribution in [2.24, 2.45) is 0 Å². The van der Waals surface area contributed by atoms with E-state index >= 15 is 0 Å². The molecule has 0 aliphatic rings. The van der Waals surface area contributed by atoms with Gasteiger partial charge < -0.3 is 14.2 Å². The first-order valence-corrected chi connectivity index (χ1v) is 25.5. The Hall–Kier alpha value is -4.71. The predicted octanol–water partition coefficient (Wildman–Crippen LogP) is 16.9. The van der Waals surface area contributed by atoms with E-state index in [9.17, 15) is 14.4 Å². The Morgan fingerprint density at radius 2 is 0.677 bits per heavy atom. The molecule has 0 aromatic heterocycles. The zero-order valence-electron chi connectivity index (χ0n) is 41.2. The molecular formula is C59H90O6. The van der Waals surface area contributed by atoms with Crippen molar-refractivity contribution in [3.8, 4) is 0 Å². The van der Waals surface area contributed by atoms with Crippen molar-refractivity contribution in [1.82, 2.24) is 0 Å². The third-order valence-corrected chi connectivity index (χ3v) is 10.1. The average Bonchev–Trinajstić information content (AvgIpc) is 3.30. The standard InChI is InChI=1S/C59H90O6/c1-4-7-10-13-16-19-22-25-27-29-31-32-34-37-40-43-46-49-52-58(61)64-55-56(54-63-57(60)51-48-45-42-39-36-24-21-18-15-12-9-6-3)65-59(62)53-50-47-44-41-38-35-33-30-28-26-23-20-17-14-11-8-5-2/h8-9,11-12,14,16-23,25-33,35,38,56H,4-7,10,13,15,24,34,36-37,39-55H2,1-3H3/b11-8-,12-9-,17-14-,19-16-,21-18-,23-20-,25-22-,28-26-,29-27-,32-31-,33-30+,38-35-. The van der Waals surface area contributed by atoms with Crippen molar-refractivity contribution in [1.29, 1.82) is 0 Å². The molecule has 0 saturated heterocycles. The predicted molar refractivity (Wildman–Crippen MR) is 279 cm³/mol. The van der Waals surface area contributed by atoms with E-state index in [2.05, 4.69) is 106 Å². The first-order valence-electron chi connectivity index (χ1n) is 25.5. The Labute approximate surface area is 397 Å². The van der Waals surface area contributed by atoms with Crippen molar-refractivity contribution in [3.63, 3.8) is 0 Å². The zero-order valence-corrected chi connectivity index (χ0v) is 41.2. The van der Waals surface area contributed by atoms with Crippen molar-refractivity contribution in [2.75, 3.05) is 13.2 Å². The largest absolute Gasteiger partial charge is 0.462 e. The van der Waals surface area contributed by atoms with Gasteiger partial charge in [-0.25, -0.2) is 0 Å². The second-order valence-electron chi connectivity index (χ2n) is 16.2. The smallest absolute Gasteiger partial charge is 0.306 e. The number of unbranched alkanes of at least 4 members (excludes halogenated alkanes) is 16. The fourth-order valence-corrected chi connectivity index (χ4v) is 6.29. The first kappa shape index (κ1) is 60.3. The van der Waals surface area contributed by atoms with Crippen LogP contribution in [0.1, 0.15) is 188 Å². The van der Waals surface area contributed by atoms with Crippen LogP contribution in [-0.4, -0.2) is 37.2 Å². The van der Waals surface area contributed by atoms with E-state index in [4.69, 9.17) is 14.2 Å². The maximum absolute atomic E-state index is 12.8. The number of esters is 3. The third-order valence-electron chi connectivity index (χ3n) is 10.1. The molecule has 0 fully saturated rings. The van der Waals surface area contributed by atoms with Crippen molar-refractivity contribution in [3.05, 3.63) is 146 Å². The molecule has 6 nitrogen and oxygen atoms in total. The highest BCUT2D eigenvalue weighted by Gasteiger charge is 2.19. The molecule has 362 valence electrons. The lowest BCUT2D eigenvalue weighted by Crippen LogP contribution is -2.30. The monoisotopic (exact) mass is 895 g/mol. The van der Waals surface area contributed by atoms with Gasteiger partial charge in [0.1, 0.15) is 13.2 Å². The van der Waals surface area contributed by atoms with Crippen LogP contribution in [0.4, 0.5) is 0 Å². The minimum atomic E-state index is -0.823.